The average molecular weight is 331 g/mol. The fraction of sp³-hybridized carbons (Fsp3) is 0.500. The lowest BCUT2D eigenvalue weighted by molar-refractivity contribution is -0.144. The number of halogens is 1. The maximum absolute atomic E-state index is 11.5. The van der Waals surface area contributed by atoms with Gasteiger partial charge in [0.15, 0.2) is 0 Å². The van der Waals surface area contributed by atoms with Crippen LogP contribution in [0.25, 0.3) is 0 Å². The Morgan fingerprint density at radius 1 is 1.72 bits per heavy atom. The fourth-order valence-corrected chi connectivity index (χ4v) is 3.78. The van der Waals surface area contributed by atoms with E-state index in [1.807, 2.05) is 12.1 Å². The SMILES string of the molecule is CNC(CSc1ncccc1Br)(C(=O)O)C1CC1. The van der Waals surface area contributed by atoms with Crippen molar-refractivity contribution in [2.75, 3.05) is 12.8 Å². The predicted molar refractivity (Wildman–Crippen MR) is 74.8 cm³/mol. The number of nitrogens with zero attached hydrogens (tertiary/aromatic N) is 1. The molecule has 0 aliphatic heterocycles. The van der Waals surface area contributed by atoms with Crippen molar-refractivity contribution >= 4 is 33.7 Å². The molecule has 1 aliphatic carbocycles. The normalized spacial score (nSPS) is 18.3. The monoisotopic (exact) mass is 330 g/mol. The first-order valence-electron chi connectivity index (χ1n) is 5.76. The van der Waals surface area contributed by atoms with E-state index in [-0.39, 0.29) is 5.92 Å². The molecule has 1 saturated carbocycles. The molecule has 1 aromatic rings. The number of carboxylic acids is 1. The van der Waals surface area contributed by atoms with Crippen LogP contribution in [0.5, 0.6) is 0 Å². The molecule has 2 N–H and O–H groups in total. The van der Waals surface area contributed by atoms with Gasteiger partial charge in [0, 0.05) is 16.4 Å². The van der Waals surface area contributed by atoms with Gasteiger partial charge in [0.25, 0.3) is 0 Å². The van der Waals surface area contributed by atoms with Crippen molar-refractivity contribution in [3.05, 3.63) is 22.8 Å². The van der Waals surface area contributed by atoms with E-state index in [1.54, 1.807) is 13.2 Å². The van der Waals surface area contributed by atoms with Crippen molar-refractivity contribution in [2.45, 2.75) is 23.4 Å². The molecule has 1 heterocycles. The van der Waals surface area contributed by atoms with Crippen LogP contribution in [0, 0.1) is 5.92 Å². The maximum atomic E-state index is 11.5. The van der Waals surface area contributed by atoms with Crippen LogP contribution in [0.1, 0.15) is 12.8 Å². The molecule has 0 amide bonds. The summed E-state index contributed by atoms with van der Waals surface area (Å²) in [6, 6.07) is 3.76. The zero-order chi connectivity index (χ0) is 13.2. The Kier molecular flexibility index (Phi) is 4.29. The molecule has 18 heavy (non-hydrogen) atoms. The molecule has 1 aliphatic rings. The molecule has 0 bridgehead atoms. The van der Waals surface area contributed by atoms with Crippen LogP contribution in [-0.2, 0) is 4.79 Å². The number of carboxylic acid groups (broad SMARTS) is 1. The number of pyridine rings is 1. The topological polar surface area (TPSA) is 62.2 Å². The highest BCUT2D eigenvalue weighted by Crippen LogP contribution is 2.42. The molecular weight excluding hydrogens is 316 g/mol. The van der Waals surface area contributed by atoms with Crippen molar-refractivity contribution in [3.8, 4) is 0 Å². The minimum absolute atomic E-state index is 0.231. The Hall–Kier alpha value is -0.590. The average Bonchev–Trinajstić information content (AvgIpc) is 3.17. The van der Waals surface area contributed by atoms with Crippen molar-refractivity contribution in [3.63, 3.8) is 0 Å². The highest BCUT2D eigenvalue weighted by atomic mass is 79.9. The first kappa shape index (κ1) is 13.8. The van der Waals surface area contributed by atoms with Crippen LogP contribution in [0.3, 0.4) is 0 Å². The van der Waals surface area contributed by atoms with Crippen LogP contribution in [0.15, 0.2) is 27.8 Å². The molecule has 0 aromatic carbocycles. The van der Waals surface area contributed by atoms with E-state index in [4.69, 9.17) is 0 Å². The van der Waals surface area contributed by atoms with Crippen LogP contribution in [0.2, 0.25) is 0 Å². The molecular formula is C12H15BrN2O2S. The largest absolute Gasteiger partial charge is 0.480 e. The van der Waals surface area contributed by atoms with Crippen LogP contribution in [-0.4, -0.2) is 34.4 Å². The smallest absolute Gasteiger partial charge is 0.325 e. The van der Waals surface area contributed by atoms with E-state index in [0.717, 1.165) is 22.3 Å². The second-order valence-electron chi connectivity index (χ2n) is 4.38. The zero-order valence-corrected chi connectivity index (χ0v) is 12.4. The van der Waals surface area contributed by atoms with Gasteiger partial charge < -0.3 is 10.4 Å². The van der Waals surface area contributed by atoms with Gasteiger partial charge in [-0.1, -0.05) is 0 Å². The van der Waals surface area contributed by atoms with E-state index in [9.17, 15) is 9.90 Å². The summed E-state index contributed by atoms with van der Waals surface area (Å²) >= 11 is 4.90. The molecule has 1 unspecified atom stereocenters. The van der Waals surface area contributed by atoms with Crippen molar-refractivity contribution < 1.29 is 9.90 Å². The summed E-state index contributed by atoms with van der Waals surface area (Å²) in [6.45, 7) is 0. The number of hydrogen-bond donors (Lipinski definition) is 2. The van der Waals surface area contributed by atoms with Crippen LogP contribution < -0.4 is 5.32 Å². The lowest BCUT2D eigenvalue weighted by Crippen LogP contribution is -2.54. The number of aromatic nitrogens is 1. The molecule has 0 radical (unpaired) electrons. The quantitative estimate of drug-likeness (QED) is 0.784. The summed E-state index contributed by atoms with van der Waals surface area (Å²) in [7, 11) is 1.72. The molecule has 1 atom stereocenters. The Bertz CT molecular complexity index is 453. The number of thioether (sulfide) groups is 1. The summed E-state index contributed by atoms with van der Waals surface area (Å²) in [5, 5.41) is 13.3. The van der Waals surface area contributed by atoms with E-state index in [0.29, 0.717) is 5.75 Å². The molecule has 2 rings (SSSR count). The predicted octanol–water partition coefficient (Wildman–Crippen LogP) is 2.39. The molecule has 0 saturated heterocycles. The molecule has 98 valence electrons. The lowest BCUT2D eigenvalue weighted by atomic mass is 9.96. The van der Waals surface area contributed by atoms with Crippen LogP contribution >= 0.6 is 27.7 Å². The van der Waals surface area contributed by atoms with Gasteiger partial charge >= 0.3 is 5.97 Å². The number of aliphatic carboxylic acids is 1. The highest BCUT2D eigenvalue weighted by Gasteiger charge is 2.50. The number of nitrogens with one attached hydrogen (secondary N) is 1. The van der Waals surface area contributed by atoms with Gasteiger partial charge in [-0.25, -0.2) is 4.98 Å². The van der Waals surface area contributed by atoms with E-state index < -0.39 is 11.5 Å². The number of carbonyl (C=O) groups is 1. The van der Waals surface area contributed by atoms with E-state index in [1.165, 1.54) is 11.8 Å². The Labute approximate surface area is 119 Å². The van der Waals surface area contributed by atoms with Crippen molar-refractivity contribution in [1.29, 1.82) is 0 Å². The first-order valence-corrected chi connectivity index (χ1v) is 7.53. The molecule has 0 spiro atoms. The lowest BCUT2D eigenvalue weighted by Gasteiger charge is -2.28. The fourth-order valence-electron chi connectivity index (χ4n) is 1.97. The van der Waals surface area contributed by atoms with E-state index in [2.05, 4.69) is 26.2 Å². The van der Waals surface area contributed by atoms with Gasteiger partial charge in [-0.2, -0.15) is 0 Å². The summed E-state index contributed by atoms with van der Waals surface area (Å²) in [4.78, 5) is 15.8. The van der Waals surface area contributed by atoms with Gasteiger partial charge in [0.2, 0.25) is 0 Å². The Morgan fingerprint density at radius 3 is 2.94 bits per heavy atom. The number of likely N-dealkylation sites (N-methyl/N-ethyl adjacent to an activating group) is 1. The molecule has 6 heteroatoms. The molecule has 1 fully saturated rings. The van der Waals surface area contributed by atoms with Gasteiger partial charge in [0.1, 0.15) is 10.6 Å². The standard InChI is InChI=1S/C12H15BrN2O2S/c1-14-12(11(16)17,8-4-5-8)7-18-10-9(13)3-2-6-15-10/h2-3,6,8,14H,4-5,7H2,1H3,(H,16,17). The first-order chi connectivity index (χ1) is 8.60. The minimum atomic E-state index is -0.832. The summed E-state index contributed by atoms with van der Waals surface area (Å²) < 4.78 is 0.904. The molecule has 1 aromatic heterocycles. The van der Waals surface area contributed by atoms with Gasteiger partial charge in [0.05, 0.1) is 0 Å². The minimum Gasteiger partial charge on any atom is -0.480 e. The van der Waals surface area contributed by atoms with Crippen LogP contribution in [0.4, 0.5) is 0 Å². The summed E-state index contributed by atoms with van der Waals surface area (Å²) in [6.07, 6.45) is 3.68. The number of rotatable bonds is 6. The highest BCUT2D eigenvalue weighted by molar-refractivity contribution is 9.10. The third-order valence-corrected chi connectivity index (χ3v) is 5.36. The number of hydrogen-bond acceptors (Lipinski definition) is 4. The van der Waals surface area contributed by atoms with Crippen molar-refractivity contribution in [2.24, 2.45) is 5.92 Å². The van der Waals surface area contributed by atoms with Gasteiger partial charge in [-0.05, 0) is 53.9 Å². The second kappa shape index (κ2) is 5.59. The third-order valence-electron chi connectivity index (χ3n) is 3.26. The summed E-state index contributed by atoms with van der Waals surface area (Å²) in [5.41, 5.74) is -0.832. The van der Waals surface area contributed by atoms with Gasteiger partial charge in [-0.3, -0.25) is 4.79 Å². The third kappa shape index (κ3) is 2.70. The molecule has 4 nitrogen and oxygen atoms in total. The zero-order valence-electron chi connectivity index (χ0n) is 10.0. The summed E-state index contributed by atoms with van der Waals surface area (Å²) in [5.74, 6) is -0.0545. The Balaban J connectivity index is 2.11. The van der Waals surface area contributed by atoms with Gasteiger partial charge in [-0.15, -0.1) is 11.8 Å². The van der Waals surface area contributed by atoms with Crippen molar-refractivity contribution in [1.82, 2.24) is 10.3 Å². The maximum Gasteiger partial charge on any atom is 0.325 e. The Morgan fingerprint density at radius 2 is 2.44 bits per heavy atom. The second-order valence-corrected chi connectivity index (χ2v) is 6.20. The van der Waals surface area contributed by atoms with E-state index >= 15 is 0 Å².